The number of sulfonamides is 1. The molecule has 0 aliphatic heterocycles. The van der Waals surface area contributed by atoms with E-state index in [1.807, 2.05) is 0 Å². The number of anilines is 1. The van der Waals surface area contributed by atoms with Crippen molar-refractivity contribution in [3.8, 4) is 5.75 Å². The van der Waals surface area contributed by atoms with Crippen molar-refractivity contribution < 1.29 is 17.5 Å². The Morgan fingerprint density at radius 3 is 2.26 bits per heavy atom. The van der Waals surface area contributed by atoms with Crippen molar-refractivity contribution in [2.75, 3.05) is 11.4 Å². The summed E-state index contributed by atoms with van der Waals surface area (Å²) in [6, 6.07) is 18.4. The van der Waals surface area contributed by atoms with E-state index >= 15 is 0 Å². The number of halogens is 2. The van der Waals surface area contributed by atoms with Gasteiger partial charge >= 0.3 is 0 Å². The molecule has 4 nitrogen and oxygen atoms in total. The van der Waals surface area contributed by atoms with Crippen LogP contribution in [0.25, 0.3) is 0 Å². The molecule has 0 radical (unpaired) electrons. The minimum atomic E-state index is -3.88. The molecule has 0 aromatic heterocycles. The maximum atomic E-state index is 13.3. The number of hydrogen-bond donors (Lipinski definition) is 0. The second kappa shape index (κ2) is 7.98. The lowest BCUT2D eigenvalue weighted by Gasteiger charge is -2.25. The van der Waals surface area contributed by atoms with E-state index in [0.29, 0.717) is 22.0 Å². The second-order valence-corrected chi connectivity index (χ2v) is 8.09. The zero-order valence-corrected chi connectivity index (χ0v) is 16.0. The first kappa shape index (κ1) is 19.2. The summed E-state index contributed by atoms with van der Waals surface area (Å²) in [6.07, 6.45) is 0. The van der Waals surface area contributed by atoms with Gasteiger partial charge < -0.3 is 4.74 Å². The molecule has 7 heteroatoms. The molecule has 0 spiro atoms. The van der Waals surface area contributed by atoms with Gasteiger partial charge in [0.15, 0.2) is 0 Å². The van der Waals surface area contributed by atoms with Crippen LogP contribution in [0.3, 0.4) is 0 Å². The molecule has 0 saturated carbocycles. The zero-order chi connectivity index (χ0) is 19.4. The number of nitrogens with zero attached hydrogens (tertiary/aromatic N) is 1. The zero-order valence-electron chi connectivity index (χ0n) is 14.5. The summed E-state index contributed by atoms with van der Waals surface area (Å²) in [6.45, 7) is 0.0367. The summed E-state index contributed by atoms with van der Waals surface area (Å²) in [4.78, 5) is 0.116. The fraction of sp³-hybridized carbons (Fsp3) is 0.100. The summed E-state index contributed by atoms with van der Waals surface area (Å²) < 4.78 is 46.1. The highest BCUT2D eigenvalue weighted by molar-refractivity contribution is 7.92. The number of ether oxygens (including phenoxy) is 1. The fourth-order valence-corrected chi connectivity index (χ4v) is 4.21. The average molecular weight is 406 g/mol. The van der Waals surface area contributed by atoms with E-state index in [1.54, 1.807) is 48.5 Å². The third kappa shape index (κ3) is 4.40. The quantitative estimate of drug-likeness (QED) is 0.587. The standard InChI is InChI=1S/C20H17ClFNO3S/c1-26-19-9-11-20(12-10-19)27(24,25)23(18-4-2-3-16(21)13-18)14-15-5-7-17(22)8-6-15/h2-13H,14H2,1H3. The Labute approximate surface area is 162 Å². The first-order valence-corrected chi connectivity index (χ1v) is 9.89. The lowest BCUT2D eigenvalue weighted by Crippen LogP contribution is -2.30. The summed E-state index contributed by atoms with van der Waals surface area (Å²) >= 11 is 6.06. The minimum Gasteiger partial charge on any atom is -0.497 e. The number of hydrogen-bond acceptors (Lipinski definition) is 3. The summed E-state index contributed by atoms with van der Waals surface area (Å²) in [5.41, 5.74) is 1.07. The molecule has 3 rings (SSSR count). The molecule has 0 atom stereocenters. The summed E-state index contributed by atoms with van der Waals surface area (Å²) in [7, 11) is -2.37. The Hall–Kier alpha value is -2.57. The molecule has 0 heterocycles. The smallest absolute Gasteiger partial charge is 0.264 e. The first-order valence-electron chi connectivity index (χ1n) is 8.07. The number of rotatable bonds is 6. The molecule has 0 aliphatic rings. The molecule has 27 heavy (non-hydrogen) atoms. The van der Waals surface area contributed by atoms with Crippen molar-refractivity contribution in [1.82, 2.24) is 0 Å². The molecular formula is C20H17ClFNO3S. The van der Waals surface area contributed by atoms with Crippen LogP contribution in [-0.4, -0.2) is 15.5 Å². The molecule has 3 aromatic carbocycles. The minimum absolute atomic E-state index is 0.0367. The van der Waals surface area contributed by atoms with E-state index in [-0.39, 0.29) is 17.3 Å². The lowest BCUT2D eigenvalue weighted by molar-refractivity contribution is 0.414. The van der Waals surface area contributed by atoms with Crippen LogP contribution in [0.4, 0.5) is 10.1 Å². The van der Waals surface area contributed by atoms with Crippen molar-refractivity contribution in [3.63, 3.8) is 0 Å². The molecule has 0 N–H and O–H groups in total. The second-order valence-electron chi connectivity index (χ2n) is 5.79. The highest BCUT2D eigenvalue weighted by Gasteiger charge is 2.25. The van der Waals surface area contributed by atoms with Gasteiger partial charge in [0.1, 0.15) is 11.6 Å². The van der Waals surface area contributed by atoms with Gasteiger partial charge in [-0.25, -0.2) is 12.8 Å². The Balaban J connectivity index is 2.05. The van der Waals surface area contributed by atoms with Crippen molar-refractivity contribution in [2.45, 2.75) is 11.4 Å². The van der Waals surface area contributed by atoms with Crippen molar-refractivity contribution in [2.24, 2.45) is 0 Å². The first-order chi connectivity index (χ1) is 12.9. The molecule has 0 saturated heterocycles. The molecule has 3 aromatic rings. The van der Waals surface area contributed by atoms with E-state index in [2.05, 4.69) is 0 Å². The van der Waals surface area contributed by atoms with Gasteiger partial charge in [-0.1, -0.05) is 29.8 Å². The summed E-state index contributed by atoms with van der Waals surface area (Å²) in [5, 5.41) is 0.418. The van der Waals surface area contributed by atoms with Crippen LogP contribution in [0, 0.1) is 5.82 Å². The fourth-order valence-electron chi connectivity index (χ4n) is 2.58. The van der Waals surface area contributed by atoms with E-state index in [0.717, 1.165) is 0 Å². The van der Waals surface area contributed by atoms with Crippen LogP contribution in [0.1, 0.15) is 5.56 Å². The predicted molar refractivity (Wildman–Crippen MR) is 104 cm³/mol. The van der Waals surface area contributed by atoms with E-state index in [4.69, 9.17) is 16.3 Å². The van der Waals surface area contributed by atoms with Gasteiger partial charge in [-0.15, -0.1) is 0 Å². The van der Waals surface area contributed by atoms with Gasteiger partial charge in [0.2, 0.25) is 0 Å². The molecule has 0 bridgehead atoms. The van der Waals surface area contributed by atoms with Crippen LogP contribution in [0.5, 0.6) is 5.75 Å². The van der Waals surface area contributed by atoms with Crippen LogP contribution in [0.15, 0.2) is 77.7 Å². The van der Waals surface area contributed by atoms with Crippen molar-refractivity contribution in [3.05, 3.63) is 89.2 Å². The van der Waals surface area contributed by atoms with Crippen LogP contribution < -0.4 is 9.04 Å². The van der Waals surface area contributed by atoms with Gasteiger partial charge in [0, 0.05) is 5.02 Å². The molecule has 0 fully saturated rings. The van der Waals surface area contributed by atoms with Crippen LogP contribution >= 0.6 is 11.6 Å². The topological polar surface area (TPSA) is 46.6 Å². The van der Waals surface area contributed by atoms with E-state index in [1.165, 1.54) is 35.7 Å². The monoisotopic (exact) mass is 405 g/mol. The van der Waals surface area contributed by atoms with E-state index in [9.17, 15) is 12.8 Å². The number of methoxy groups -OCH3 is 1. The Bertz CT molecular complexity index is 1020. The normalized spacial score (nSPS) is 11.2. The van der Waals surface area contributed by atoms with Crippen molar-refractivity contribution in [1.29, 1.82) is 0 Å². The van der Waals surface area contributed by atoms with Gasteiger partial charge in [-0.05, 0) is 60.2 Å². The molecule has 0 unspecified atom stereocenters. The van der Waals surface area contributed by atoms with Gasteiger partial charge in [-0.3, -0.25) is 4.31 Å². The SMILES string of the molecule is COc1ccc(S(=O)(=O)N(Cc2ccc(F)cc2)c2cccc(Cl)c2)cc1. The van der Waals surface area contributed by atoms with Crippen LogP contribution in [-0.2, 0) is 16.6 Å². The Morgan fingerprint density at radius 1 is 1.00 bits per heavy atom. The van der Waals surface area contributed by atoms with Crippen LogP contribution in [0.2, 0.25) is 5.02 Å². The van der Waals surface area contributed by atoms with Gasteiger partial charge in [0.05, 0.1) is 24.2 Å². The lowest BCUT2D eigenvalue weighted by atomic mass is 10.2. The molecule has 140 valence electrons. The maximum Gasteiger partial charge on any atom is 0.264 e. The Morgan fingerprint density at radius 2 is 1.67 bits per heavy atom. The third-order valence-electron chi connectivity index (χ3n) is 3.98. The highest BCUT2D eigenvalue weighted by Crippen LogP contribution is 2.29. The van der Waals surface area contributed by atoms with Gasteiger partial charge in [-0.2, -0.15) is 0 Å². The maximum absolute atomic E-state index is 13.3. The molecule has 0 amide bonds. The molecule has 0 aliphatic carbocycles. The largest absolute Gasteiger partial charge is 0.497 e. The summed E-state index contributed by atoms with van der Waals surface area (Å²) in [5.74, 6) is 0.174. The Kier molecular flexibility index (Phi) is 5.68. The molecular weight excluding hydrogens is 389 g/mol. The average Bonchev–Trinajstić information content (AvgIpc) is 2.67. The number of benzene rings is 3. The van der Waals surface area contributed by atoms with E-state index < -0.39 is 10.0 Å². The van der Waals surface area contributed by atoms with Crippen molar-refractivity contribution >= 4 is 27.3 Å². The highest BCUT2D eigenvalue weighted by atomic mass is 35.5. The van der Waals surface area contributed by atoms with Gasteiger partial charge in [0.25, 0.3) is 10.0 Å². The third-order valence-corrected chi connectivity index (χ3v) is 6.01. The predicted octanol–water partition coefficient (Wildman–Crippen LogP) is 4.88.